The number of nitrogens with zero attached hydrogens (tertiary/aromatic N) is 2. The van der Waals surface area contributed by atoms with E-state index in [0.717, 1.165) is 27.3 Å². The molecular formula is C26H22ClN3O4S2. The summed E-state index contributed by atoms with van der Waals surface area (Å²) in [6.07, 6.45) is 0. The number of methoxy groups -OCH3 is 1. The van der Waals surface area contributed by atoms with Crippen LogP contribution < -0.4 is 9.46 Å². The first-order valence-corrected chi connectivity index (χ1v) is 13.7. The lowest BCUT2D eigenvalue weighted by molar-refractivity contribution is 0.393. The SMILES string of the molecule is COc1cccc(-c2c(-c3c(C)noc3C)sc3nc(C)cc(NS(=O)(=O)c4cccc(Cl)c4)c23)c1. The first-order valence-electron chi connectivity index (χ1n) is 11.0. The summed E-state index contributed by atoms with van der Waals surface area (Å²) in [4.78, 5) is 6.39. The van der Waals surface area contributed by atoms with Crippen LogP contribution in [0.2, 0.25) is 5.02 Å². The normalized spacial score (nSPS) is 11.7. The van der Waals surface area contributed by atoms with Crippen molar-refractivity contribution >= 4 is 48.9 Å². The highest BCUT2D eigenvalue weighted by Gasteiger charge is 2.26. The topological polar surface area (TPSA) is 94.3 Å². The van der Waals surface area contributed by atoms with Crippen molar-refractivity contribution < 1.29 is 17.7 Å². The third-order valence-corrected chi connectivity index (χ3v) is 8.46. The summed E-state index contributed by atoms with van der Waals surface area (Å²) in [5.74, 6) is 1.35. The van der Waals surface area contributed by atoms with E-state index in [1.165, 1.54) is 23.5 Å². The Morgan fingerprint density at radius 3 is 2.50 bits per heavy atom. The van der Waals surface area contributed by atoms with Crippen LogP contribution in [0.3, 0.4) is 0 Å². The Kier molecular flexibility index (Phi) is 6.23. The van der Waals surface area contributed by atoms with Crippen LogP contribution >= 0.6 is 22.9 Å². The van der Waals surface area contributed by atoms with E-state index in [-0.39, 0.29) is 4.90 Å². The van der Waals surface area contributed by atoms with E-state index in [0.29, 0.717) is 38.1 Å². The predicted molar refractivity (Wildman–Crippen MR) is 144 cm³/mol. The maximum atomic E-state index is 13.4. The monoisotopic (exact) mass is 539 g/mol. The molecule has 0 amide bonds. The molecule has 1 N–H and O–H groups in total. The van der Waals surface area contributed by atoms with Gasteiger partial charge in [-0.05, 0) is 62.7 Å². The first-order chi connectivity index (χ1) is 17.2. The molecule has 184 valence electrons. The Balaban J connectivity index is 1.82. The summed E-state index contributed by atoms with van der Waals surface area (Å²) < 4.78 is 40.5. The zero-order valence-corrected chi connectivity index (χ0v) is 22.3. The van der Waals surface area contributed by atoms with Crippen LogP contribution in [0.4, 0.5) is 5.69 Å². The zero-order chi connectivity index (χ0) is 25.6. The van der Waals surface area contributed by atoms with Gasteiger partial charge in [0.25, 0.3) is 10.0 Å². The molecule has 0 aliphatic carbocycles. The number of rotatable bonds is 6. The molecule has 5 rings (SSSR count). The number of benzene rings is 2. The number of aryl methyl sites for hydroxylation is 3. The van der Waals surface area contributed by atoms with Gasteiger partial charge in [0.1, 0.15) is 16.3 Å². The molecule has 2 aromatic carbocycles. The van der Waals surface area contributed by atoms with Crippen molar-refractivity contribution in [3.05, 3.63) is 76.8 Å². The highest BCUT2D eigenvalue weighted by molar-refractivity contribution is 7.92. The van der Waals surface area contributed by atoms with Crippen LogP contribution in [-0.4, -0.2) is 25.7 Å². The molecule has 0 saturated carbocycles. The van der Waals surface area contributed by atoms with Gasteiger partial charge in [-0.3, -0.25) is 4.72 Å². The zero-order valence-electron chi connectivity index (χ0n) is 19.9. The van der Waals surface area contributed by atoms with Crippen molar-refractivity contribution in [1.29, 1.82) is 0 Å². The standard InChI is InChI=1S/C26H22ClN3O4S2/c1-14-11-21(30-36(31,32)20-10-6-8-18(27)13-20)24-23(17-7-5-9-19(12-17)33-4)25(35-26(24)28-14)22-15(2)29-34-16(22)3/h5-13H,1-4H3,(H,28,30). The van der Waals surface area contributed by atoms with Gasteiger partial charge in [-0.15, -0.1) is 11.3 Å². The summed E-state index contributed by atoms with van der Waals surface area (Å²) in [5.41, 5.74) is 4.36. The minimum Gasteiger partial charge on any atom is -0.497 e. The van der Waals surface area contributed by atoms with Gasteiger partial charge in [-0.2, -0.15) is 0 Å². The lowest BCUT2D eigenvalue weighted by Gasteiger charge is -2.13. The number of hydrogen-bond donors (Lipinski definition) is 1. The van der Waals surface area contributed by atoms with Crippen molar-refractivity contribution in [2.24, 2.45) is 0 Å². The molecule has 36 heavy (non-hydrogen) atoms. The molecule has 0 saturated heterocycles. The quantitative estimate of drug-likeness (QED) is 0.249. The Morgan fingerprint density at radius 1 is 1.03 bits per heavy atom. The van der Waals surface area contributed by atoms with Crippen molar-refractivity contribution in [2.45, 2.75) is 25.7 Å². The summed E-state index contributed by atoms with van der Waals surface area (Å²) >= 11 is 7.53. The Bertz CT molecular complexity index is 1710. The van der Waals surface area contributed by atoms with Crippen molar-refractivity contribution in [2.75, 3.05) is 11.8 Å². The van der Waals surface area contributed by atoms with Gasteiger partial charge in [0, 0.05) is 21.7 Å². The Labute approximate surface area is 217 Å². The van der Waals surface area contributed by atoms with E-state index in [1.807, 2.05) is 45.0 Å². The molecule has 0 aliphatic heterocycles. The van der Waals surface area contributed by atoms with Gasteiger partial charge in [-0.25, -0.2) is 13.4 Å². The molecule has 0 bridgehead atoms. The third kappa shape index (κ3) is 4.34. The van der Waals surface area contributed by atoms with Gasteiger partial charge >= 0.3 is 0 Å². The van der Waals surface area contributed by atoms with Crippen LogP contribution in [-0.2, 0) is 10.0 Å². The number of fused-ring (bicyclic) bond motifs is 1. The second-order valence-electron chi connectivity index (χ2n) is 8.29. The molecule has 0 atom stereocenters. The van der Waals surface area contributed by atoms with Crippen LogP contribution in [0.5, 0.6) is 5.75 Å². The lowest BCUT2D eigenvalue weighted by Crippen LogP contribution is -2.13. The molecular weight excluding hydrogens is 518 g/mol. The number of aromatic nitrogens is 2. The number of halogens is 1. The molecule has 0 unspecified atom stereocenters. The highest BCUT2D eigenvalue weighted by Crippen LogP contribution is 2.49. The molecule has 7 nitrogen and oxygen atoms in total. The number of anilines is 1. The molecule has 0 fully saturated rings. The summed E-state index contributed by atoms with van der Waals surface area (Å²) in [7, 11) is -2.32. The first kappa shape index (κ1) is 24.3. The van der Waals surface area contributed by atoms with E-state index >= 15 is 0 Å². The van der Waals surface area contributed by atoms with Crippen LogP contribution in [0.1, 0.15) is 17.1 Å². The van der Waals surface area contributed by atoms with Gasteiger partial charge in [-0.1, -0.05) is 35.0 Å². The van der Waals surface area contributed by atoms with Crippen molar-refractivity contribution in [3.8, 4) is 27.3 Å². The number of hydrogen-bond acceptors (Lipinski definition) is 7. The number of nitrogens with one attached hydrogen (secondary N) is 1. The molecule has 0 radical (unpaired) electrons. The average Bonchev–Trinajstić information content (AvgIpc) is 3.37. The van der Waals surface area contributed by atoms with E-state index in [9.17, 15) is 8.42 Å². The van der Waals surface area contributed by atoms with Gasteiger partial charge in [0.05, 0.1) is 33.8 Å². The van der Waals surface area contributed by atoms with Gasteiger partial charge < -0.3 is 9.26 Å². The second-order valence-corrected chi connectivity index (χ2v) is 11.4. The van der Waals surface area contributed by atoms with E-state index in [4.69, 9.17) is 25.8 Å². The molecule has 5 aromatic rings. The largest absolute Gasteiger partial charge is 0.497 e. The highest BCUT2D eigenvalue weighted by atomic mass is 35.5. The van der Waals surface area contributed by atoms with E-state index in [1.54, 1.807) is 25.3 Å². The number of thiophene rings is 1. The smallest absolute Gasteiger partial charge is 0.261 e. The van der Waals surface area contributed by atoms with Gasteiger partial charge in [0.15, 0.2) is 0 Å². The summed E-state index contributed by atoms with van der Waals surface area (Å²) in [6.45, 7) is 5.57. The molecule has 0 spiro atoms. The average molecular weight is 540 g/mol. The van der Waals surface area contributed by atoms with E-state index in [2.05, 4.69) is 9.88 Å². The van der Waals surface area contributed by atoms with Crippen LogP contribution in [0.15, 0.2) is 64.0 Å². The van der Waals surface area contributed by atoms with Crippen LogP contribution in [0.25, 0.3) is 31.8 Å². The lowest BCUT2D eigenvalue weighted by atomic mass is 9.98. The van der Waals surface area contributed by atoms with Crippen molar-refractivity contribution in [3.63, 3.8) is 0 Å². The molecule has 3 aromatic heterocycles. The van der Waals surface area contributed by atoms with E-state index < -0.39 is 10.0 Å². The Morgan fingerprint density at radius 2 is 1.81 bits per heavy atom. The van der Waals surface area contributed by atoms with Gasteiger partial charge in [0.2, 0.25) is 0 Å². The minimum atomic E-state index is -3.93. The number of sulfonamides is 1. The summed E-state index contributed by atoms with van der Waals surface area (Å²) in [5, 5.41) is 5.16. The molecule has 0 aliphatic rings. The maximum absolute atomic E-state index is 13.4. The Hall–Kier alpha value is -3.40. The predicted octanol–water partition coefficient (Wildman–Crippen LogP) is 7.01. The fourth-order valence-electron chi connectivity index (χ4n) is 4.18. The maximum Gasteiger partial charge on any atom is 0.261 e. The van der Waals surface area contributed by atoms with Crippen LogP contribution in [0, 0.1) is 20.8 Å². The fraction of sp³-hybridized carbons (Fsp3) is 0.154. The third-order valence-electron chi connectivity index (χ3n) is 5.76. The molecule has 10 heteroatoms. The molecule has 3 heterocycles. The number of pyridine rings is 1. The number of ether oxygens (including phenoxy) is 1. The second kappa shape index (κ2) is 9.24. The fourth-order valence-corrected chi connectivity index (χ4v) is 6.95. The summed E-state index contributed by atoms with van der Waals surface area (Å²) in [6, 6.07) is 15.5. The van der Waals surface area contributed by atoms with Crippen molar-refractivity contribution in [1.82, 2.24) is 10.1 Å². The minimum absolute atomic E-state index is 0.0710.